The lowest BCUT2D eigenvalue weighted by Gasteiger charge is -2.29. The molecule has 0 radical (unpaired) electrons. The van der Waals surface area contributed by atoms with E-state index in [4.69, 9.17) is 4.74 Å². The van der Waals surface area contributed by atoms with Gasteiger partial charge in [-0.1, -0.05) is 0 Å². The third-order valence-electron chi connectivity index (χ3n) is 3.60. The highest BCUT2D eigenvalue weighted by Crippen LogP contribution is 2.25. The first-order valence-corrected chi connectivity index (χ1v) is 7.70. The molecule has 2 rings (SSSR count). The molecule has 1 saturated heterocycles. The summed E-state index contributed by atoms with van der Waals surface area (Å²) in [7, 11) is 1.61. The number of anilines is 1. The highest BCUT2D eigenvalue weighted by Gasteiger charge is 2.24. The Hall–Kier alpha value is -0.920. The standard InChI is InChI=1S/C13H21BrN4O2/c1-3-17(10-4-5-15-8-10)11-9-16-18(6-7-20-2)13(19)12(11)14/h9-10,15H,3-8H2,1-2H3. The third kappa shape index (κ3) is 3.21. The van der Waals surface area contributed by atoms with Crippen LogP contribution in [0.2, 0.25) is 0 Å². The van der Waals surface area contributed by atoms with E-state index in [9.17, 15) is 4.79 Å². The summed E-state index contributed by atoms with van der Waals surface area (Å²) >= 11 is 3.44. The van der Waals surface area contributed by atoms with Crippen molar-refractivity contribution in [3.05, 3.63) is 21.0 Å². The molecule has 1 N–H and O–H groups in total. The number of methoxy groups -OCH3 is 1. The number of rotatable bonds is 6. The molecule has 0 spiro atoms. The number of nitrogens with zero attached hydrogens (tertiary/aromatic N) is 3. The van der Waals surface area contributed by atoms with Gasteiger partial charge in [0.2, 0.25) is 0 Å². The van der Waals surface area contributed by atoms with Crippen LogP contribution in [0.25, 0.3) is 0 Å². The summed E-state index contributed by atoms with van der Waals surface area (Å²) in [4.78, 5) is 14.5. The summed E-state index contributed by atoms with van der Waals surface area (Å²) in [5, 5.41) is 7.60. The van der Waals surface area contributed by atoms with Crippen LogP contribution in [0.5, 0.6) is 0 Å². The fourth-order valence-corrected chi connectivity index (χ4v) is 3.06. The fraction of sp³-hybridized carbons (Fsp3) is 0.692. The summed E-state index contributed by atoms with van der Waals surface area (Å²) in [5.74, 6) is 0. The van der Waals surface area contributed by atoms with Gasteiger partial charge in [-0.15, -0.1) is 0 Å². The fourth-order valence-electron chi connectivity index (χ4n) is 2.52. The van der Waals surface area contributed by atoms with Crippen LogP contribution < -0.4 is 15.8 Å². The second kappa shape index (κ2) is 7.19. The van der Waals surface area contributed by atoms with Gasteiger partial charge in [-0.2, -0.15) is 5.10 Å². The number of aromatic nitrogens is 2. The Balaban J connectivity index is 2.27. The van der Waals surface area contributed by atoms with Crippen molar-refractivity contribution in [3.63, 3.8) is 0 Å². The summed E-state index contributed by atoms with van der Waals surface area (Å²) < 4.78 is 7.00. The van der Waals surface area contributed by atoms with Gasteiger partial charge in [0.25, 0.3) is 5.56 Å². The first kappa shape index (κ1) is 15.5. The Bertz CT molecular complexity index is 500. The van der Waals surface area contributed by atoms with Gasteiger partial charge in [-0.05, 0) is 35.8 Å². The van der Waals surface area contributed by atoms with Crippen molar-refractivity contribution in [2.75, 3.05) is 38.3 Å². The molecule has 1 unspecified atom stereocenters. The van der Waals surface area contributed by atoms with Crippen molar-refractivity contribution < 1.29 is 4.74 Å². The van der Waals surface area contributed by atoms with Gasteiger partial charge < -0.3 is 15.0 Å². The second-order valence-corrected chi connectivity index (χ2v) is 5.59. The lowest BCUT2D eigenvalue weighted by molar-refractivity contribution is 0.181. The maximum Gasteiger partial charge on any atom is 0.283 e. The van der Waals surface area contributed by atoms with Crippen molar-refractivity contribution in [2.24, 2.45) is 0 Å². The molecular formula is C13H21BrN4O2. The zero-order valence-corrected chi connectivity index (χ0v) is 13.5. The largest absolute Gasteiger partial charge is 0.383 e. The summed E-state index contributed by atoms with van der Waals surface area (Å²) in [6.45, 7) is 5.87. The molecule has 0 amide bonds. The molecule has 1 fully saturated rings. The first-order chi connectivity index (χ1) is 9.69. The van der Waals surface area contributed by atoms with E-state index in [1.807, 2.05) is 0 Å². The molecule has 20 heavy (non-hydrogen) atoms. The average molecular weight is 345 g/mol. The summed E-state index contributed by atoms with van der Waals surface area (Å²) in [6, 6.07) is 0.423. The second-order valence-electron chi connectivity index (χ2n) is 4.80. The molecule has 2 heterocycles. The molecule has 1 atom stereocenters. The average Bonchev–Trinajstić information content (AvgIpc) is 2.97. The summed E-state index contributed by atoms with van der Waals surface area (Å²) in [5.41, 5.74) is 0.767. The smallest absolute Gasteiger partial charge is 0.283 e. The molecule has 112 valence electrons. The molecule has 6 nitrogen and oxygen atoms in total. The van der Waals surface area contributed by atoms with Crippen molar-refractivity contribution >= 4 is 21.6 Å². The van der Waals surface area contributed by atoms with Crippen molar-refractivity contribution in [1.29, 1.82) is 0 Å². The molecule has 1 aliphatic heterocycles. The number of halogens is 1. The maximum atomic E-state index is 12.3. The first-order valence-electron chi connectivity index (χ1n) is 6.91. The van der Waals surface area contributed by atoms with E-state index in [2.05, 4.69) is 38.2 Å². The van der Waals surface area contributed by atoms with Gasteiger partial charge in [0, 0.05) is 26.2 Å². The lowest BCUT2D eigenvalue weighted by atomic mass is 10.2. The minimum absolute atomic E-state index is 0.107. The van der Waals surface area contributed by atoms with Gasteiger partial charge in [0.1, 0.15) is 4.47 Å². The van der Waals surface area contributed by atoms with E-state index >= 15 is 0 Å². The Morgan fingerprint density at radius 3 is 3.05 bits per heavy atom. The zero-order chi connectivity index (χ0) is 14.5. The number of nitrogens with one attached hydrogen (secondary N) is 1. The predicted molar refractivity (Wildman–Crippen MR) is 82.4 cm³/mol. The van der Waals surface area contributed by atoms with E-state index in [0.717, 1.165) is 31.7 Å². The van der Waals surface area contributed by atoms with Crippen LogP contribution >= 0.6 is 15.9 Å². The Morgan fingerprint density at radius 1 is 1.65 bits per heavy atom. The molecule has 1 aliphatic rings. The van der Waals surface area contributed by atoms with Crippen LogP contribution in [0.1, 0.15) is 13.3 Å². The van der Waals surface area contributed by atoms with Crippen LogP contribution in [0.15, 0.2) is 15.5 Å². The van der Waals surface area contributed by atoms with E-state index in [1.54, 1.807) is 13.3 Å². The van der Waals surface area contributed by atoms with Crippen LogP contribution in [0, 0.1) is 0 Å². The molecule has 0 aliphatic carbocycles. The van der Waals surface area contributed by atoms with Crippen LogP contribution in [-0.4, -0.2) is 49.2 Å². The maximum absolute atomic E-state index is 12.3. The zero-order valence-electron chi connectivity index (χ0n) is 11.9. The number of ether oxygens (including phenoxy) is 1. The molecule has 1 aromatic rings. The van der Waals surface area contributed by atoms with Gasteiger partial charge in [-0.3, -0.25) is 4.79 Å². The topological polar surface area (TPSA) is 59.4 Å². The molecule has 0 aromatic carbocycles. The molecule has 0 saturated carbocycles. The number of likely N-dealkylation sites (N-methyl/N-ethyl adjacent to an activating group) is 1. The van der Waals surface area contributed by atoms with Gasteiger partial charge in [0.15, 0.2) is 0 Å². The number of hydrogen-bond acceptors (Lipinski definition) is 5. The molecular weight excluding hydrogens is 324 g/mol. The van der Waals surface area contributed by atoms with Crippen LogP contribution in [0.3, 0.4) is 0 Å². The summed E-state index contributed by atoms with van der Waals surface area (Å²) in [6.07, 6.45) is 2.86. The monoisotopic (exact) mass is 344 g/mol. The van der Waals surface area contributed by atoms with Gasteiger partial charge in [-0.25, -0.2) is 4.68 Å². The van der Waals surface area contributed by atoms with Crippen LogP contribution in [-0.2, 0) is 11.3 Å². The van der Waals surface area contributed by atoms with Crippen molar-refractivity contribution in [2.45, 2.75) is 25.9 Å². The highest BCUT2D eigenvalue weighted by atomic mass is 79.9. The van der Waals surface area contributed by atoms with Gasteiger partial charge in [0.05, 0.1) is 25.0 Å². The van der Waals surface area contributed by atoms with E-state index in [1.165, 1.54) is 4.68 Å². The van der Waals surface area contributed by atoms with Crippen LogP contribution in [0.4, 0.5) is 5.69 Å². The molecule has 1 aromatic heterocycles. The highest BCUT2D eigenvalue weighted by molar-refractivity contribution is 9.10. The number of hydrogen-bond donors (Lipinski definition) is 1. The molecule has 7 heteroatoms. The lowest BCUT2D eigenvalue weighted by Crippen LogP contribution is -2.38. The van der Waals surface area contributed by atoms with Crippen molar-refractivity contribution in [1.82, 2.24) is 15.1 Å². The van der Waals surface area contributed by atoms with E-state index in [0.29, 0.717) is 23.7 Å². The predicted octanol–water partition coefficient (Wildman–Crippen LogP) is 0.840. The Morgan fingerprint density at radius 2 is 2.45 bits per heavy atom. The Labute approximate surface area is 127 Å². The quantitative estimate of drug-likeness (QED) is 0.828. The van der Waals surface area contributed by atoms with Gasteiger partial charge >= 0.3 is 0 Å². The van der Waals surface area contributed by atoms with E-state index < -0.39 is 0 Å². The minimum atomic E-state index is -0.107. The van der Waals surface area contributed by atoms with Crippen molar-refractivity contribution in [3.8, 4) is 0 Å². The third-order valence-corrected chi connectivity index (χ3v) is 4.34. The Kier molecular flexibility index (Phi) is 5.56. The minimum Gasteiger partial charge on any atom is -0.383 e. The normalized spacial score (nSPS) is 18.4. The SMILES string of the molecule is CCN(c1cnn(CCOC)c(=O)c1Br)C1CCNC1. The van der Waals surface area contributed by atoms with E-state index in [-0.39, 0.29) is 5.56 Å². The molecule has 0 bridgehead atoms.